The normalized spacial score (nSPS) is 41.6. The molecule has 0 radical (unpaired) electrons. The van der Waals surface area contributed by atoms with E-state index >= 15 is 0 Å². The van der Waals surface area contributed by atoms with Gasteiger partial charge >= 0.3 is 0 Å². The molecule has 3 atom stereocenters. The molecule has 2 aliphatic heterocycles. The average Bonchev–Trinajstić information content (AvgIpc) is 2.81. The standard InChI is InChI=1S/C15H28N2/c1-15(2)8-3-5-12(11-15)16-13-7-10-17-9-4-6-14(13)17/h12-14,16H,3-11H2,1-2H3. The Hall–Kier alpha value is -0.0800. The summed E-state index contributed by atoms with van der Waals surface area (Å²) in [5, 5.41) is 4.00. The van der Waals surface area contributed by atoms with Crippen LogP contribution in [0.25, 0.3) is 0 Å². The molecule has 0 amide bonds. The zero-order valence-electron chi connectivity index (χ0n) is 11.5. The SMILES string of the molecule is CC1(C)CCCC(NC2CCN3CCCC23)C1. The van der Waals surface area contributed by atoms with Crippen molar-refractivity contribution in [2.24, 2.45) is 5.41 Å². The van der Waals surface area contributed by atoms with E-state index in [0.29, 0.717) is 5.41 Å². The van der Waals surface area contributed by atoms with Crippen LogP contribution in [-0.2, 0) is 0 Å². The molecular formula is C15H28N2. The van der Waals surface area contributed by atoms with Gasteiger partial charge in [-0.1, -0.05) is 20.3 Å². The van der Waals surface area contributed by atoms with E-state index in [0.717, 1.165) is 18.1 Å². The van der Waals surface area contributed by atoms with Gasteiger partial charge in [0.05, 0.1) is 0 Å². The fourth-order valence-corrected chi connectivity index (χ4v) is 4.42. The molecule has 3 fully saturated rings. The maximum atomic E-state index is 4.00. The van der Waals surface area contributed by atoms with Crippen LogP contribution in [0, 0.1) is 5.41 Å². The first-order chi connectivity index (χ1) is 8.14. The average molecular weight is 236 g/mol. The Morgan fingerprint density at radius 1 is 1.06 bits per heavy atom. The molecule has 0 aromatic carbocycles. The van der Waals surface area contributed by atoms with Crippen molar-refractivity contribution in [2.45, 2.75) is 76.9 Å². The van der Waals surface area contributed by atoms with Crippen LogP contribution in [0.4, 0.5) is 0 Å². The van der Waals surface area contributed by atoms with Crippen molar-refractivity contribution in [3.63, 3.8) is 0 Å². The lowest BCUT2D eigenvalue weighted by Crippen LogP contribution is -2.47. The van der Waals surface area contributed by atoms with Crippen molar-refractivity contribution >= 4 is 0 Å². The first-order valence-electron chi connectivity index (χ1n) is 7.64. The lowest BCUT2D eigenvalue weighted by molar-refractivity contribution is 0.181. The van der Waals surface area contributed by atoms with E-state index in [9.17, 15) is 0 Å². The maximum absolute atomic E-state index is 4.00. The Balaban J connectivity index is 1.56. The molecule has 1 N–H and O–H groups in total. The molecule has 2 heterocycles. The Kier molecular flexibility index (Phi) is 3.20. The van der Waals surface area contributed by atoms with Crippen molar-refractivity contribution in [3.8, 4) is 0 Å². The molecule has 3 aliphatic rings. The minimum atomic E-state index is 0.573. The molecule has 0 bridgehead atoms. The van der Waals surface area contributed by atoms with Crippen LogP contribution in [0.5, 0.6) is 0 Å². The molecule has 1 saturated carbocycles. The summed E-state index contributed by atoms with van der Waals surface area (Å²) in [6.07, 6.45) is 9.90. The van der Waals surface area contributed by atoms with E-state index in [-0.39, 0.29) is 0 Å². The summed E-state index contributed by atoms with van der Waals surface area (Å²) in [5.74, 6) is 0. The monoisotopic (exact) mass is 236 g/mol. The van der Waals surface area contributed by atoms with Crippen LogP contribution in [-0.4, -0.2) is 36.1 Å². The van der Waals surface area contributed by atoms with Crippen LogP contribution in [0.1, 0.15) is 58.8 Å². The molecular weight excluding hydrogens is 208 g/mol. The lowest BCUT2D eigenvalue weighted by Gasteiger charge is -2.38. The predicted molar refractivity (Wildman–Crippen MR) is 72.2 cm³/mol. The topological polar surface area (TPSA) is 15.3 Å². The van der Waals surface area contributed by atoms with Gasteiger partial charge in [0.25, 0.3) is 0 Å². The van der Waals surface area contributed by atoms with Gasteiger partial charge in [0.15, 0.2) is 0 Å². The van der Waals surface area contributed by atoms with Crippen molar-refractivity contribution in [3.05, 3.63) is 0 Å². The number of nitrogens with zero attached hydrogens (tertiary/aromatic N) is 1. The second kappa shape index (κ2) is 4.55. The summed E-state index contributed by atoms with van der Waals surface area (Å²) < 4.78 is 0. The fourth-order valence-electron chi connectivity index (χ4n) is 4.42. The maximum Gasteiger partial charge on any atom is 0.0250 e. The van der Waals surface area contributed by atoms with Crippen LogP contribution in [0.2, 0.25) is 0 Å². The number of hydrogen-bond donors (Lipinski definition) is 1. The van der Waals surface area contributed by atoms with E-state index in [1.165, 1.54) is 58.0 Å². The molecule has 3 unspecified atom stereocenters. The van der Waals surface area contributed by atoms with Gasteiger partial charge in [0.2, 0.25) is 0 Å². The fraction of sp³-hybridized carbons (Fsp3) is 1.00. The van der Waals surface area contributed by atoms with Crippen LogP contribution in [0.3, 0.4) is 0 Å². The third kappa shape index (κ3) is 2.53. The molecule has 0 aromatic heterocycles. The summed E-state index contributed by atoms with van der Waals surface area (Å²) in [6, 6.07) is 2.47. The molecule has 2 saturated heterocycles. The number of hydrogen-bond acceptors (Lipinski definition) is 2. The van der Waals surface area contributed by atoms with Gasteiger partial charge in [-0.2, -0.15) is 0 Å². The Labute approximate surface area is 106 Å². The third-order valence-corrected chi connectivity index (χ3v) is 5.26. The van der Waals surface area contributed by atoms with Crippen molar-refractivity contribution < 1.29 is 0 Å². The lowest BCUT2D eigenvalue weighted by atomic mass is 9.75. The summed E-state index contributed by atoms with van der Waals surface area (Å²) in [4.78, 5) is 2.71. The highest BCUT2D eigenvalue weighted by Gasteiger charge is 2.39. The van der Waals surface area contributed by atoms with Crippen molar-refractivity contribution in [1.82, 2.24) is 10.2 Å². The molecule has 0 aromatic rings. The number of nitrogens with one attached hydrogen (secondary N) is 1. The zero-order valence-corrected chi connectivity index (χ0v) is 11.5. The highest BCUT2D eigenvalue weighted by atomic mass is 15.2. The summed E-state index contributed by atoms with van der Waals surface area (Å²) in [6.45, 7) is 7.59. The van der Waals surface area contributed by atoms with Crippen LogP contribution >= 0.6 is 0 Å². The van der Waals surface area contributed by atoms with E-state index in [1.807, 2.05) is 0 Å². The van der Waals surface area contributed by atoms with E-state index in [4.69, 9.17) is 0 Å². The quantitative estimate of drug-likeness (QED) is 0.793. The first-order valence-corrected chi connectivity index (χ1v) is 7.64. The van der Waals surface area contributed by atoms with E-state index < -0.39 is 0 Å². The minimum Gasteiger partial charge on any atom is -0.310 e. The van der Waals surface area contributed by atoms with Gasteiger partial charge in [0, 0.05) is 24.7 Å². The highest BCUT2D eigenvalue weighted by molar-refractivity contribution is 4.97. The van der Waals surface area contributed by atoms with E-state index in [1.54, 1.807) is 0 Å². The second-order valence-electron chi connectivity index (χ2n) is 7.26. The molecule has 2 heteroatoms. The molecule has 3 rings (SSSR count). The van der Waals surface area contributed by atoms with Gasteiger partial charge in [-0.25, -0.2) is 0 Å². The van der Waals surface area contributed by atoms with Gasteiger partial charge < -0.3 is 5.32 Å². The highest BCUT2D eigenvalue weighted by Crippen LogP contribution is 2.36. The Morgan fingerprint density at radius 2 is 1.94 bits per heavy atom. The van der Waals surface area contributed by atoms with Crippen molar-refractivity contribution in [1.29, 1.82) is 0 Å². The first kappa shape index (κ1) is 12.0. The molecule has 2 nitrogen and oxygen atoms in total. The van der Waals surface area contributed by atoms with Gasteiger partial charge in [-0.15, -0.1) is 0 Å². The van der Waals surface area contributed by atoms with Crippen LogP contribution < -0.4 is 5.32 Å². The summed E-state index contributed by atoms with van der Waals surface area (Å²) >= 11 is 0. The molecule has 0 spiro atoms. The third-order valence-electron chi connectivity index (χ3n) is 5.26. The Bertz CT molecular complexity index is 274. The largest absolute Gasteiger partial charge is 0.310 e. The summed E-state index contributed by atoms with van der Waals surface area (Å²) in [7, 11) is 0. The second-order valence-corrected chi connectivity index (χ2v) is 7.26. The van der Waals surface area contributed by atoms with Gasteiger partial charge in [-0.3, -0.25) is 4.90 Å². The van der Waals surface area contributed by atoms with Gasteiger partial charge in [-0.05, 0) is 50.5 Å². The van der Waals surface area contributed by atoms with Gasteiger partial charge in [0.1, 0.15) is 0 Å². The van der Waals surface area contributed by atoms with Crippen molar-refractivity contribution in [2.75, 3.05) is 13.1 Å². The number of rotatable bonds is 2. The molecule has 17 heavy (non-hydrogen) atoms. The van der Waals surface area contributed by atoms with Crippen LogP contribution in [0.15, 0.2) is 0 Å². The zero-order chi connectivity index (χ0) is 11.9. The molecule has 98 valence electrons. The van der Waals surface area contributed by atoms with E-state index in [2.05, 4.69) is 24.1 Å². The minimum absolute atomic E-state index is 0.573. The predicted octanol–water partition coefficient (Wildman–Crippen LogP) is 2.78. The summed E-state index contributed by atoms with van der Waals surface area (Å²) in [5.41, 5.74) is 0.573. The smallest absolute Gasteiger partial charge is 0.0250 e. The number of fused-ring (bicyclic) bond motifs is 1. The molecule has 1 aliphatic carbocycles. The Morgan fingerprint density at radius 3 is 2.76 bits per heavy atom.